The van der Waals surface area contributed by atoms with Gasteiger partial charge in [0, 0.05) is 10.0 Å². The third kappa shape index (κ3) is 3.87. The van der Waals surface area contributed by atoms with E-state index in [-0.39, 0.29) is 0 Å². The van der Waals surface area contributed by atoms with Crippen LogP contribution in [0.2, 0.25) is 0 Å². The Bertz CT molecular complexity index is 1140. The molecule has 1 heterocycles. The van der Waals surface area contributed by atoms with Crippen LogP contribution in [0, 0.1) is 6.92 Å². The predicted molar refractivity (Wildman–Crippen MR) is 111 cm³/mol. The number of aromatic nitrogens is 3. The molecule has 5 nitrogen and oxygen atoms in total. The second-order valence-electron chi connectivity index (χ2n) is 6.28. The Kier molecular flexibility index (Phi) is 5.04. The van der Waals surface area contributed by atoms with Crippen molar-refractivity contribution in [3.63, 3.8) is 0 Å². The average Bonchev–Trinajstić information content (AvgIpc) is 3.19. The lowest BCUT2D eigenvalue weighted by Crippen LogP contribution is -2.09. The molecule has 0 radical (unpaired) electrons. The number of aryl methyl sites for hydroxylation is 1. The van der Waals surface area contributed by atoms with Crippen LogP contribution in [0.15, 0.2) is 83.5 Å². The molecule has 3 aromatic carbocycles. The zero-order chi connectivity index (χ0) is 19.5. The number of rotatable bonds is 4. The van der Waals surface area contributed by atoms with Crippen molar-refractivity contribution in [3.05, 3.63) is 94.6 Å². The highest BCUT2D eigenvalue weighted by molar-refractivity contribution is 9.10. The summed E-state index contributed by atoms with van der Waals surface area (Å²) < 4.78 is 8.27. The lowest BCUT2D eigenvalue weighted by Gasteiger charge is -2.08. The van der Waals surface area contributed by atoms with Crippen LogP contribution in [0.3, 0.4) is 0 Å². The monoisotopic (exact) mass is 433 g/mol. The smallest absolute Gasteiger partial charge is 0.343 e. The maximum absolute atomic E-state index is 12.5. The first-order valence-corrected chi connectivity index (χ1v) is 9.46. The Morgan fingerprint density at radius 3 is 2.57 bits per heavy atom. The maximum Gasteiger partial charge on any atom is 0.343 e. The molecule has 0 amide bonds. The Balaban J connectivity index is 1.63. The summed E-state index contributed by atoms with van der Waals surface area (Å²) in [6.45, 7) is 1.97. The number of carbonyl (C=O) groups is 1. The quantitative estimate of drug-likeness (QED) is 0.326. The predicted octanol–water partition coefficient (Wildman–Crippen LogP) is 5.22. The summed E-state index contributed by atoms with van der Waals surface area (Å²) in [6.07, 6.45) is 1.81. The van der Waals surface area contributed by atoms with Crippen LogP contribution in [0.5, 0.6) is 5.75 Å². The zero-order valence-corrected chi connectivity index (χ0v) is 16.6. The van der Waals surface area contributed by atoms with Crippen LogP contribution < -0.4 is 4.74 Å². The fraction of sp³-hybridized carbons (Fsp3) is 0.0455. The van der Waals surface area contributed by atoms with Crippen molar-refractivity contribution in [1.82, 2.24) is 15.0 Å². The molecule has 0 atom stereocenters. The molecule has 0 aliphatic carbocycles. The molecular formula is C22H16BrN3O2. The van der Waals surface area contributed by atoms with E-state index >= 15 is 0 Å². The number of benzene rings is 3. The van der Waals surface area contributed by atoms with Gasteiger partial charge in [-0.1, -0.05) is 57.0 Å². The number of esters is 1. The molecule has 4 rings (SSSR count). The van der Waals surface area contributed by atoms with Gasteiger partial charge in [-0.05, 0) is 49.4 Å². The Morgan fingerprint density at radius 2 is 1.79 bits per heavy atom. The molecule has 0 aliphatic rings. The van der Waals surface area contributed by atoms with E-state index in [1.165, 1.54) is 0 Å². The molecule has 0 bridgehead atoms. The van der Waals surface area contributed by atoms with Gasteiger partial charge in [-0.15, -0.1) is 5.10 Å². The van der Waals surface area contributed by atoms with Gasteiger partial charge in [0.15, 0.2) is 0 Å². The van der Waals surface area contributed by atoms with Crippen molar-refractivity contribution in [1.29, 1.82) is 0 Å². The minimum Gasteiger partial charge on any atom is -0.422 e. The highest BCUT2D eigenvalue weighted by Crippen LogP contribution is 2.29. The summed E-state index contributed by atoms with van der Waals surface area (Å²) in [5, 5.41) is 8.45. The molecular weight excluding hydrogens is 418 g/mol. The van der Waals surface area contributed by atoms with E-state index in [9.17, 15) is 4.79 Å². The van der Waals surface area contributed by atoms with Gasteiger partial charge in [0.25, 0.3) is 0 Å². The number of carbonyl (C=O) groups excluding carboxylic acids is 1. The van der Waals surface area contributed by atoms with Gasteiger partial charge in [-0.2, -0.15) is 0 Å². The van der Waals surface area contributed by atoms with Crippen LogP contribution in [-0.2, 0) is 0 Å². The lowest BCUT2D eigenvalue weighted by molar-refractivity contribution is 0.0735. The topological polar surface area (TPSA) is 57.0 Å². The molecule has 0 unspecified atom stereocenters. The second-order valence-corrected chi connectivity index (χ2v) is 7.20. The van der Waals surface area contributed by atoms with Gasteiger partial charge in [0.2, 0.25) is 0 Å². The van der Waals surface area contributed by atoms with E-state index in [0.29, 0.717) is 22.6 Å². The molecule has 0 saturated carbocycles. The molecule has 6 heteroatoms. The van der Waals surface area contributed by atoms with Crippen LogP contribution in [0.1, 0.15) is 15.9 Å². The number of para-hydroxylation sites is 1. The van der Waals surface area contributed by atoms with E-state index < -0.39 is 5.97 Å². The van der Waals surface area contributed by atoms with Crippen molar-refractivity contribution in [2.45, 2.75) is 6.92 Å². The number of nitrogens with zero attached hydrogens (tertiary/aromatic N) is 3. The van der Waals surface area contributed by atoms with E-state index in [0.717, 1.165) is 15.7 Å². The summed E-state index contributed by atoms with van der Waals surface area (Å²) >= 11 is 3.46. The molecule has 0 saturated heterocycles. The van der Waals surface area contributed by atoms with Crippen molar-refractivity contribution in [2.24, 2.45) is 0 Å². The summed E-state index contributed by atoms with van der Waals surface area (Å²) in [5.74, 6) is 0.0289. The van der Waals surface area contributed by atoms with Crippen LogP contribution in [-0.4, -0.2) is 21.0 Å². The Labute approximate surface area is 170 Å². The van der Waals surface area contributed by atoms with Crippen molar-refractivity contribution in [3.8, 4) is 22.7 Å². The Hall–Kier alpha value is -3.25. The standard InChI is InChI=1S/C22H16BrN3O2/c1-15-9-11-16(12-10-15)22(27)28-21-8-3-2-7-19(21)20-14-26(25-24-20)18-6-4-5-17(23)13-18/h2-14H,1H3. The highest BCUT2D eigenvalue weighted by Gasteiger charge is 2.15. The molecule has 28 heavy (non-hydrogen) atoms. The van der Waals surface area contributed by atoms with Crippen LogP contribution >= 0.6 is 15.9 Å². The van der Waals surface area contributed by atoms with Gasteiger partial charge < -0.3 is 4.74 Å². The van der Waals surface area contributed by atoms with E-state index in [4.69, 9.17) is 4.74 Å². The number of hydrogen-bond donors (Lipinski definition) is 0. The number of hydrogen-bond acceptors (Lipinski definition) is 4. The molecule has 0 spiro atoms. The average molecular weight is 434 g/mol. The normalized spacial score (nSPS) is 10.6. The van der Waals surface area contributed by atoms with Crippen molar-refractivity contribution < 1.29 is 9.53 Å². The minimum absolute atomic E-state index is 0.410. The number of ether oxygens (including phenoxy) is 1. The van der Waals surface area contributed by atoms with Gasteiger partial charge >= 0.3 is 5.97 Å². The summed E-state index contributed by atoms with van der Waals surface area (Å²) in [5.41, 5.74) is 3.78. The maximum atomic E-state index is 12.5. The Morgan fingerprint density at radius 1 is 1.00 bits per heavy atom. The highest BCUT2D eigenvalue weighted by atomic mass is 79.9. The van der Waals surface area contributed by atoms with Gasteiger partial charge in [0.05, 0.1) is 17.4 Å². The molecule has 138 valence electrons. The van der Waals surface area contributed by atoms with Crippen molar-refractivity contribution >= 4 is 21.9 Å². The first-order chi connectivity index (χ1) is 13.6. The van der Waals surface area contributed by atoms with Gasteiger partial charge in [0.1, 0.15) is 11.4 Å². The third-order valence-electron chi connectivity index (χ3n) is 4.22. The van der Waals surface area contributed by atoms with Gasteiger partial charge in [-0.3, -0.25) is 0 Å². The molecule has 4 aromatic rings. The van der Waals surface area contributed by atoms with Crippen LogP contribution in [0.25, 0.3) is 16.9 Å². The first-order valence-electron chi connectivity index (χ1n) is 8.67. The fourth-order valence-corrected chi connectivity index (χ4v) is 3.13. The van der Waals surface area contributed by atoms with Gasteiger partial charge in [-0.25, -0.2) is 9.48 Å². The lowest BCUT2D eigenvalue weighted by atomic mass is 10.1. The largest absolute Gasteiger partial charge is 0.422 e. The molecule has 1 aromatic heterocycles. The third-order valence-corrected chi connectivity index (χ3v) is 4.71. The van der Waals surface area contributed by atoms with E-state index in [1.54, 1.807) is 29.1 Å². The summed E-state index contributed by atoms with van der Waals surface area (Å²) in [7, 11) is 0. The fourth-order valence-electron chi connectivity index (χ4n) is 2.75. The summed E-state index contributed by atoms with van der Waals surface area (Å²) in [6, 6.07) is 22.3. The summed E-state index contributed by atoms with van der Waals surface area (Å²) in [4.78, 5) is 12.5. The second kappa shape index (κ2) is 7.78. The number of halogens is 1. The van der Waals surface area contributed by atoms with Crippen LogP contribution in [0.4, 0.5) is 0 Å². The van der Waals surface area contributed by atoms with E-state index in [1.807, 2.05) is 61.5 Å². The molecule has 0 aliphatic heterocycles. The SMILES string of the molecule is Cc1ccc(C(=O)Oc2ccccc2-c2cn(-c3cccc(Br)c3)nn2)cc1. The molecule has 0 N–H and O–H groups in total. The first kappa shape index (κ1) is 18.1. The molecule has 0 fully saturated rings. The minimum atomic E-state index is -0.410. The zero-order valence-electron chi connectivity index (χ0n) is 15.0. The van der Waals surface area contributed by atoms with Crippen molar-refractivity contribution in [2.75, 3.05) is 0 Å². The van der Waals surface area contributed by atoms with E-state index in [2.05, 4.69) is 26.2 Å².